The van der Waals surface area contributed by atoms with E-state index in [1.54, 1.807) is 19.1 Å². The van der Waals surface area contributed by atoms with Gasteiger partial charge in [-0.1, -0.05) is 60.2 Å². The summed E-state index contributed by atoms with van der Waals surface area (Å²) in [5, 5.41) is 2.20. The number of fused-ring (bicyclic) bond motifs is 1. The van der Waals surface area contributed by atoms with E-state index in [1.807, 2.05) is 49.4 Å². The van der Waals surface area contributed by atoms with Crippen molar-refractivity contribution < 1.29 is 22.7 Å². The van der Waals surface area contributed by atoms with Crippen molar-refractivity contribution in [3.05, 3.63) is 77.9 Å². The summed E-state index contributed by atoms with van der Waals surface area (Å²) in [7, 11) is -3.90. The van der Waals surface area contributed by atoms with Gasteiger partial charge in [0.1, 0.15) is 6.04 Å². The van der Waals surface area contributed by atoms with Gasteiger partial charge in [-0.2, -0.15) is 4.72 Å². The van der Waals surface area contributed by atoms with Crippen molar-refractivity contribution in [3.8, 4) is 0 Å². The Morgan fingerprint density at radius 1 is 1.09 bits per heavy atom. The van der Waals surface area contributed by atoms with E-state index in [0.29, 0.717) is 6.42 Å². The molecule has 0 amide bonds. The number of sulfonamides is 1. The summed E-state index contributed by atoms with van der Waals surface area (Å²) in [6.45, 7) is 4.01. The molecule has 0 spiro atoms. The molecule has 3 aromatic rings. The second-order valence-corrected chi connectivity index (χ2v) is 9.76. The molecule has 168 valence electrons. The molecule has 1 fully saturated rings. The lowest BCUT2D eigenvalue weighted by molar-refractivity contribution is -0.146. The normalized spacial score (nSPS) is 19.7. The van der Waals surface area contributed by atoms with Gasteiger partial charge in [0.25, 0.3) is 0 Å². The molecule has 0 bridgehead atoms. The summed E-state index contributed by atoms with van der Waals surface area (Å²) >= 11 is 0. The molecular weight excluding hydrogens is 426 g/mol. The fourth-order valence-electron chi connectivity index (χ4n) is 4.15. The highest BCUT2D eigenvalue weighted by Crippen LogP contribution is 2.38. The Labute approximate surface area is 188 Å². The number of nitrogens with one attached hydrogen (secondary N) is 1. The molecule has 0 saturated carbocycles. The molecular formula is C25H27NO5S. The summed E-state index contributed by atoms with van der Waals surface area (Å²) in [6.07, 6.45) is 0.278. The number of carbonyl (C=O) groups is 1. The van der Waals surface area contributed by atoms with Crippen LogP contribution in [0.5, 0.6) is 0 Å². The van der Waals surface area contributed by atoms with Crippen LogP contribution in [0, 0.1) is 12.8 Å². The molecule has 1 N–H and O–H groups in total. The first kappa shape index (κ1) is 22.5. The van der Waals surface area contributed by atoms with Crippen LogP contribution in [0.2, 0.25) is 0 Å². The minimum absolute atomic E-state index is 0.113. The van der Waals surface area contributed by atoms with Crippen molar-refractivity contribution in [3.63, 3.8) is 0 Å². The zero-order valence-corrected chi connectivity index (χ0v) is 19.0. The SMILES string of the molecule is CCOC(=O)[C@H](NS(=O)(=O)c1ccc(C)cc1)[C@@H]1CO[C@@H](c2cccc3ccccc23)C1. The van der Waals surface area contributed by atoms with Crippen LogP contribution >= 0.6 is 0 Å². The van der Waals surface area contributed by atoms with Crippen molar-refractivity contribution >= 4 is 26.8 Å². The fourth-order valence-corrected chi connectivity index (χ4v) is 5.41. The van der Waals surface area contributed by atoms with Crippen LogP contribution in [0.25, 0.3) is 10.8 Å². The molecule has 1 aliphatic heterocycles. The quantitative estimate of drug-likeness (QED) is 0.544. The number of benzene rings is 3. The van der Waals surface area contributed by atoms with E-state index in [1.165, 1.54) is 12.1 Å². The average Bonchev–Trinajstić information content (AvgIpc) is 3.27. The number of hydrogen-bond acceptors (Lipinski definition) is 5. The lowest BCUT2D eigenvalue weighted by atomic mass is 9.92. The summed E-state index contributed by atoms with van der Waals surface area (Å²) in [5.74, 6) is -0.936. The molecule has 6 nitrogen and oxygen atoms in total. The van der Waals surface area contributed by atoms with Gasteiger partial charge in [-0.15, -0.1) is 0 Å². The van der Waals surface area contributed by atoms with Crippen LogP contribution < -0.4 is 4.72 Å². The first-order valence-electron chi connectivity index (χ1n) is 10.7. The number of carbonyl (C=O) groups excluding carboxylic acids is 1. The van der Waals surface area contributed by atoms with Crippen LogP contribution in [-0.4, -0.2) is 33.6 Å². The third kappa shape index (κ3) is 4.70. The van der Waals surface area contributed by atoms with Gasteiger partial charge in [0, 0.05) is 5.92 Å². The van der Waals surface area contributed by atoms with E-state index < -0.39 is 22.0 Å². The van der Waals surface area contributed by atoms with Gasteiger partial charge in [0.15, 0.2) is 0 Å². The Morgan fingerprint density at radius 3 is 2.56 bits per heavy atom. The maximum Gasteiger partial charge on any atom is 0.324 e. The molecule has 0 unspecified atom stereocenters. The van der Waals surface area contributed by atoms with Crippen molar-refractivity contribution in [2.75, 3.05) is 13.2 Å². The largest absolute Gasteiger partial charge is 0.465 e. The van der Waals surface area contributed by atoms with E-state index in [-0.39, 0.29) is 30.1 Å². The zero-order chi connectivity index (χ0) is 22.7. The molecule has 1 saturated heterocycles. The van der Waals surface area contributed by atoms with Crippen molar-refractivity contribution in [1.82, 2.24) is 4.72 Å². The maximum atomic E-state index is 13.0. The van der Waals surface area contributed by atoms with Gasteiger partial charge in [-0.25, -0.2) is 8.42 Å². The van der Waals surface area contributed by atoms with Gasteiger partial charge in [0.05, 0.1) is 24.2 Å². The van der Waals surface area contributed by atoms with Gasteiger partial charge < -0.3 is 9.47 Å². The molecule has 1 aliphatic rings. The molecule has 3 atom stereocenters. The smallest absolute Gasteiger partial charge is 0.324 e. The van der Waals surface area contributed by atoms with E-state index in [2.05, 4.69) is 4.72 Å². The van der Waals surface area contributed by atoms with Crippen molar-refractivity contribution in [2.45, 2.75) is 37.3 Å². The maximum absolute atomic E-state index is 13.0. The van der Waals surface area contributed by atoms with Crippen LogP contribution in [-0.2, 0) is 24.3 Å². The second-order valence-electron chi connectivity index (χ2n) is 8.05. The third-order valence-corrected chi connectivity index (χ3v) is 7.28. The Balaban J connectivity index is 1.59. The molecule has 0 radical (unpaired) electrons. The molecule has 32 heavy (non-hydrogen) atoms. The lowest BCUT2D eigenvalue weighted by Crippen LogP contribution is -2.47. The first-order chi connectivity index (χ1) is 15.4. The summed E-state index contributed by atoms with van der Waals surface area (Å²) < 4.78 is 39.8. The standard InChI is InChI=1S/C25H27NO5S/c1-3-30-25(27)24(26-32(28,29)20-13-11-17(2)12-14-20)19-15-23(31-16-19)22-10-6-8-18-7-4-5-9-21(18)22/h4-14,19,23-24,26H,3,15-16H2,1-2H3/t19-,23+,24+/m0/s1. The highest BCUT2D eigenvalue weighted by atomic mass is 32.2. The van der Waals surface area contributed by atoms with E-state index in [0.717, 1.165) is 21.9 Å². The Kier molecular flexibility index (Phi) is 6.60. The Morgan fingerprint density at radius 2 is 1.81 bits per heavy atom. The monoisotopic (exact) mass is 453 g/mol. The van der Waals surface area contributed by atoms with Crippen LogP contribution in [0.4, 0.5) is 0 Å². The first-order valence-corrected chi connectivity index (χ1v) is 12.2. The summed E-state index contributed by atoms with van der Waals surface area (Å²) in [4.78, 5) is 12.9. The Hall–Kier alpha value is -2.74. The molecule has 1 heterocycles. The van der Waals surface area contributed by atoms with Crippen LogP contribution in [0.15, 0.2) is 71.6 Å². The van der Waals surface area contributed by atoms with Gasteiger partial charge >= 0.3 is 5.97 Å². The van der Waals surface area contributed by atoms with Gasteiger partial charge in [-0.3, -0.25) is 4.79 Å². The van der Waals surface area contributed by atoms with Crippen LogP contribution in [0.3, 0.4) is 0 Å². The highest BCUT2D eigenvalue weighted by Gasteiger charge is 2.40. The number of ether oxygens (including phenoxy) is 2. The second kappa shape index (κ2) is 9.40. The Bertz CT molecular complexity index is 1200. The van der Waals surface area contributed by atoms with Crippen molar-refractivity contribution in [2.24, 2.45) is 5.92 Å². The predicted octanol–water partition coefficient (Wildman–Crippen LogP) is 4.14. The minimum Gasteiger partial charge on any atom is -0.465 e. The number of esters is 1. The minimum atomic E-state index is -3.90. The lowest BCUT2D eigenvalue weighted by Gasteiger charge is -2.22. The summed E-state index contributed by atoms with van der Waals surface area (Å²) in [6, 6.07) is 19.6. The number of aryl methyl sites for hydroxylation is 1. The number of rotatable bonds is 7. The predicted molar refractivity (Wildman–Crippen MR) is 123 cm³/mol. The van der Waals surface area contributed by atoms with Crippen molar-refractivity contribution in [1.29, 1.82) is 0 Å². The van der Waals surface area contributed by atoms with E-state index in [4.69, 9.17) is 9.47 Å². The fraction of sp³-hybridized carbons (Fsp3) is 0.320. The molecule has 4 rings (SSSR count). The summed E-state index contributed by atoms with van der Waals surface area (Å²) in [5.41, 5.74) is 1.99. The average molecular weight is 454 g/mol. The molecule has 7 heteroatoms. The van der Waals surface area contributed by atoms with E-state index in [9.17, 15) is 13.2 Å². The molecule has 0 aromatic heterocycles. The number of hydrogen-bond donors (Lipinski definition) is 1. The van der Waals surface area contributed by atoms with E-state index >= 15 is 0 Å². The van der Waals surface area contributed by atoms with Crippen LogP contribution in [0.1, 0.15) is 30.6 Å². The third-order valence-electron chi connectivity index (χ3n) is 5.82. The highest BCUT2D eigenvalue weighted by molar-refractivity contribution is 7.89. The topological polar surface area (TPSA) is 81.7 Å². The molecule has 3 aromatic carbocycles. The van der Waals surface area contributed by atoms with Gasteiger partial charge in [0.2, 0.25) is 10.0 Å². The zero-order valence-electron chi connectivity index (χ0n) is 18.2. The molecule has 0 aliphatic carbocycles. The van der Waals surface area contributed by atoms with Gasteiger partial charge in [-0.05, 0) is 48.7 Å².